The standard InChI is InChI=1S/C12H10BrN3O2/c13-11-6-8(18-16-11)7-17-12-9-2-1-4-14-10(9)3-5-15-12/h1-5,8H,6-7H2. The number of rotatable bonds is 3. The van der Waals surface area contributed by atoms with Gasteiger partial charge in [0.2, 0.25) is 5.88 Å². The summed E-state index contributed by atoms with van der Waals surface area (Å²) in [5.41, 5.74) is 0.868. The molecule has 3 heterocycles. The smallest absolute Gasteiger partial charge is 0.223 e. The van der Waals surface area contributed by atoms with E-state index >= 15 is 0 Å². The Morgan fingerprint density at radius 2 is 2.28 bits per heavy atom. The molecule has 0 amide bonds. The van der Waals surface area contributed by atoms with E-state index in [0.29, 0.717) is 12.5 Å². The van der Waals surface area contributed by atoms with Crippen LogP contribution < -0.4 is 4.74 Å². The predicted molar refractivity (Wildman–Crippen MR) is 70.9 cm³/mol. The highest BCUT2D eigenvalue weighted by atomic mass is 79.9. The van der Waals surface area contributed by atoms with Crippen molar-refractivity contribution < 1.29 is 9.57 Å². The molecule has 18 heavy (non-hydrogen) atoms. The lowest BCUT2D eigenvalue weighted by Gasteiger charge is -2.10. The maximum Gasteiger partial charge on any atom is 0.223 e. The number of nitrogens with zero attached hydrogens (tertiary/aromatic N) is 3. The summed E-state index contributed by atoms with van der Waals surface area (Å²) in [6.45, 7) is 0.416. The molecule has 0 fully saturated rings. The van der Waals surface area contributed by atoms with E-state index in [2.05, 4.69) is 31.1 Å². The topological polar surface area (TPSA) is 56.6 Å². The Morgan fingerprint density at radius 1 is 1.33 bits per heavy atom. The first-order chi connectivity index (χ1) is 8.83. The Balaban J connectivity index is 1.75. The third-order valence-corrected chi connectivity index (χ3v) is 3.06. The number of ether oxygens (including phenoxy) is 1. The SMILES string of the molecule is BrC1=NOC(COc2nccc3ncccc23)C1. The van der Waals surface area contributed by atoms with Gasteiger partial charge in [-0.25, -0.2) is 4.98 Å². The van der Waals surface area contributed by atoms with Crippen LogP contribution in [0.3, 0.4) is 0 Å². The molecular formula is C12H10BrN3O2. The van der Waals surface area contributed by atoms with Crippen molar-refractivity contribution in [1.29, 1.82) is 0 Å². The van der Waals surface area contributed by atoms with Gasteiger partial charge in [-0.2, -0.15) is 0 Å². The van der Waals surface area contributed by atoms with Crippen molar-refractivity contribution in [2.45, 2.75) is 12.5 Å². The van der Waals surface area contributed by atoms with E-state index in [-0.39, 0.29) is 6.10 Å². The molecule has 0 saturated heterocycles. The minimum atomic E-state index is -0.0619. The number of hydrogen-bond acceptors (Lipinski definition) is 5. The third-order valence-electron chi connectivity index (χ3n) is 2.60. The Hall–Kier alpha value is -1.69. The minimum Gasteiger partial charge on any atom is -0.473 e. The molecule has 3 rings (SSSR count). The number of oxime groups is 1. The first-order valence-corrected chi connectivity index (χ1v) is 6.33. The highest BCUT2D eigenvalue weighted by Gasteiger charge is 2.20. The van der Waals surface area contributed by atoms with Crippen molar-refractivity contribution in [3.8, 4) is 5.88 Å². The van der Waals surface area contributed by atoms with Gasteiger partial charge in [0.1, 0.15) is 11.2 Å². The zero-order valence-corrected chi connectivity index (χ0v) is 11.0. The van der Waals surface area contributed by atoms with Gasteiger partial charge in [-0.05, 0) is 34.1 Å². The van der Waals surface area contributed by atoms with Crippen molar-refractivity contribution in [1.82, 2.24) is 9.97 Å². The Labute approximate surface area is 112 Å². The van der Waals surface area contributed by atoms with Crippen LogP contribution in [0.15, 0.2) is 35.7 Å². The summed E-state index contributed by atoms with van der Waals surface area (Å²) >= 11 is 3.29. The monoisotopic (exact) mass is 307 g/mol. The number of halogens is 1. The second-order valence-corrected chi connectivity index (χ2v) is 4.81. The molecule has 1 atom stereocenters. The highest BCUT2D eigenvalue weighted by molar-refractivity contribution is 9.18. The molecule has 2 aromatic heterocycles. The van der Waals surface area contributed by atoms with Gasteiger partial charge in [0, 0.05) is 18.8 Å². The Bertz CT molecular complexity index is 597. The maximum absolute atomic E-state index is 5.68. The normalized spacial score (nSPS) is 18.5. The molecule has 92 valence electrons. The quantitative estimate of drug-likeness (QED) is 0.874. The van der Waals surface area contributed by atoms with Gasteiger partial charge in [-0.1, -0.05) is 5.16 Å². The van der Waals surface area contributed by atoms with Crippen LogP contribution in [-0.2, 0) is 4.84 Å². The predicted octanol–water partition coefficient (Wildman–Crippen LogP) is 2.51. The summed E-state index contributed by atoms with van der Waals surface area (Å²) in [5, 5.41) is 4.71. The average molecular weight is 308 g/mol. The van der Waals surface area contributed by atoms with E-state index < -0.39 is 0 Å². The zero-order valence-electron chi connectivity index (χ0n) is 9.41. The molecule has 0 N–H and O–H groups in total. The molecule has 0 aliphatic carbocycles. The number of hydrogen-bond donors (Lipinski definition) is 0. The van der Waals surface area contributed by atoms with Gasteiger partial charge in [0.05, 0.1) is 10.9 Å². The Kier molecular flexibility index (Phi) is 3.10. The largest absolute Gasteiger partial charge is 0.473 e. The highest BCUT2D eigenvalue weighted by Crippen LogP contribution is 2.22. The maximum atomic E-state index is 5.68. The fraction of sp³-hybridized carbons (Fsp3) is 0.250. The third kappa shape index (κ3) is 2.28. The van der Waals surface area contributed by atoms with Gasteiger partial charge in [0.15, 0.2) is 6.10 Å². The molecule has 2 aromatic rings. The summed E-state index contributed by atoms with van der Waals surface area (Å²) in [4.78, 5) is 13.6. The number of fused-ring (bicyclic) bond motifs is 1. The summed E-state index contributed by atoms with van der Waals surface area (Å²) in [6.07, 6.45) is 4.10. The molecule has 1 aliphatic rings. The van der Waals surface area contributed by atoms with E-state index in [9.17, 15) is 0 Å². The van der Waals surface area contributed by atoms with Crippen molar-refractivity contribution in [3.05, 3.63) is 30.6 Å². The minimum absolute atomic E-state index is 0.0619. The van der Waals surface area contributed by atoms with Gasteiger partial charge in [0.25, 0.3) is 0 Å². The van der Waals surface area contributed by atoms with Gasteiger partial charge in [-0.15, -0.1) is 0 Å². The van der Waals surface area contributed by atoms with Crippen LogP contribution in [0.25, 0.3) is 10.9 Å². The average Bonchev–Trinajstić information content (AvgIpc) is 2.82. The number of aromatic nitrogens is 2. The van der Waals surface area contributed by atoms with Crippen molar-refractivity contribution in [2.75, 3.05) is 6.61 Å². The molecule has 0 bridgehead atoms. The van der Waals surface area contributed by atoms with Gasteiger partial charge >= 0.3 is 0 Å². The van der Waals surface area contributed by atoms with E-state index in [0.717, 1.165) is 21.9 Å². The summed E-state index contributed by atoms with van der Waals surface area (Å²) in [7, 11) is 0. The first-order valence-electron chi connectivity index (χ1n) is 5.53. The van der Waals surface area contributed by atoms with Crippen molar-refractivity contribution in [3.63, 3.8) is 0 Å². The van der Waals surface area contributed by atoms with Crippen LogP contribution >= 0.6 is 15.9 Å². The van der Waals surface area contributed by atoms with E-state index in [4.69, 9.17) is 9.57 Å². The molecular weight excluding hydrogens is 298 g/mol. The van der Waals surface area contributed by atoms with Crippen LogP contribution in [0, 0.1) is 0 Å². The molecule has 0 spiro atoms. The molecule has 5 nitrogen and oxygen atoms in total. The zero-order chi connectivity index (χ0) is 12.4. The molecule has 1 aliphatic heterocycles. The summed E-state index contributed by atoms with van der Waals surface area (Å²) < 4.78 is 6.49. The lowest BCUT2D eigenvalue weighted by molar-refractivity contribution is 0.0462. The fourth-order valence-electron chi connectivity index (χ4n) is 1.75. The molecule has 0 aromatic carbocycles. The molecule has 0 saturated carbocycles. The lowest BCUT2D eigenvalue weighted by atomic mass is 10.2. The second kappa shape index (κ2) is 4.89. The lowest BCUT2D eigenvalue weighted by Crippen LogP contribution is -2.17. The van der Waals surface area contributed by atoms with Crippen LogP contribution in [0.2, 0.25) is 0 Å². The van der Waals surface area contributed by atoms with E-state index in [1.807, 2.05) is 18.2 Å². The second-order valence-electron chi connectivity index (χ2n) is 3.90. The molecule has 0 radical (unpaired) electrons. The van der Waals surface area contributed by atoms with Gasteiger partial charge in [-0.3, -0.25) is 4.98 Å². The fourth-order valence-corrected chi connectivity index (χ4v) is 2.19. The first kappa shape index (κ1) is 11.4. The van der Waals surface area contributed by atoms with E-state index in [1.165, 1.54) is 0 Å². The van der Waals surface area contributed by atoms with Crippen LogP contribution in [-0.4, -0.2) is 27.3 Å². The summed E-state index contributed by atoms with van der Waals surface area (Å²) in [5.74, 6) is 0.576. The number of pyridine rings is 2. The van der Waals surface area contributed by atoms with Crippen molar-refractivity contribution in [2.24, 2.45) is 5.16 Å². The molecule has 1 unspecified atom stereocenters. The summed E-state index contributed by atoms with van der Waals surface area (Å²) in [6, 6.07) is 5.66. The van der Waals surface area contributed by atoms with Crippen LogP contribution in [0.1, 0.15) is 6.42 Å². The molecule has 6 heteroatoms. The van der Waals surface area contributed by atoms with Crippen LogP contribution in [0.4, 0.5) is 0 Å². The van der Waals surface area contributed by atoms with E-state index in [1.54, 1.807) is 12.4 Å². The van der Waals surface area contributed by atoms with Crippen LogP contribution in [0.5, 0.6) is 5.88 Å². The van der Waals surface area contributed by atoms with Crippen molar-refractivity contribution >= 4 is 31.5 Å². The van der Waals surface area contributed by atoms with Gasteiger partial charge < -0.3 is 9.57 Å². The Morgan fingerprint density at radius 3 is 3.11 bits per heavy atom.